The topological polar surface area (TPSA) is 81.2 Å². The molecule has 2 fully saturated rings. The second kappa shape index (κ2) is 9.59. The van der Waals surface area contributed by atoms with Gasteiger partial charge in [0.1, 0.15) is 6.04 Å². The molecule has 0 aliphatic carbocycles. The maximum atomic E-state index is 14.3. The quantitative estimate of drug-likeness (QED) is 0.590. The number of thioether (sulfide) groups is 1. The standard InChI is InChI=1S/C29H28ClN3O4S/c1-18(17-34)33-25-28(37)32(21-12-10-19(30)11-13-21)16-6-14-29(25)24(27(33)36)23-22(38-29)9-5-15-31(26(23)35)20-7-3-2-4-8-20/h2-14,18,22-25,34H,15-17H2,1H3/t18-,22-,23+,24+,25?,29+/m1/s1. The normalized spacial score (nSPS) is 31.1. The number of benzene rings is 2. The molecule has 7 nitrogen and oxygen atoms in total. The Kier molecular flexibility index (Phi) is 6.37. The number of carbonyl (C=O) groups is 3. The third kappa shape index (κ3) is 3.73. The summed E-state index contributed by atoms with van der Waals surface area (Å²) in [6.07, 6.45) is 7.91. The van der Waals surface area contributed by atoms with Crippen LogP contribution in [-0.2, 0) is 14.4 Å². The van der Waals surface area contributed by atoms with Crippen molar-refractivity contribution >= 4 is 52.5 Å². The van der Waals surface area contributed by atoms with Crippen LogP contribution in [0.5, 0.6) is 0 Å². The predicted molar refractivity (Wildman–Crippen MR) is 149 cm³/mol. The fraction of sp³-hybridized carbons (Fsp3) is 0.345. The SMILES string of the molecule is C[C@H](CO)N1C(=O)[C@@H]2[C@H]3C(=O)N(c4ccccc4)CC=C[C@H]3S[C@@]23C=CCN(c2ccc(Cl)cc2)C(=O)C13. The zero-order valence-corrected chi connectivity index (χ0v) is 22.4. The Morgan fingerprint density at radius 2 is 1.61 bits per heavy atom. The highest BCUT2D eigenvalue weighted by molar-refractivity contribution is 8.02. The molecule has 2 aromatic carbocycles. The molecular weight excluding hydrogens is 522 g/mol. The maximum Gasteiger partial charge on any atom is 0.251 e. The summed E-state index contributed by atoms with van der Waals surface area (Å²) in [6.45, 7) is 2.21. The lowest BCUT2D eigenvalue weighted by atomic mass is 9.78. The first-order valence-corrected chi connectivity index (χ1v) is 14.0. The monoisotopic (exact) mass is 549 g/mol. The van der Waals surface area contributed by atoms with Crippen molar-refractivity contribution < 1.29 is 19.5 Å². The minimum Gasteiger partial charge on any atom is -0.394 e. The summed E-state index contributed by atoms with van der Waals surface area (Å²) < 4.78 is -0.937. The third-order valence-corrected chi connectivity index (χ3v) is 10.0. The molecule has 6 atom stereocenters. The number of fused-ring (bicyclic) bond motifs is 2. The fourth-order valence-electron chi connectivity index (χ4n) is 6.33. The van der Waals surface area contributed by atoms with Crippen LogP contribution in [0.2, 0.25) is 5.02 Å². The second-order valence-electron chi connectivity index (χ2n) is 10.2. The van der Waals surface area contributed by atoms with Crippen LogP contribution in [0.25, 0.3) is 0 Å². The van der Waals surface area contributed by atoms with Crippen molar-refractivity contribution in [1.29, 1.82) is 0 Å². The van der Waals surface area contributed by atoms with Gasteiger partial charge >= 0.3 is 0 Å². The Balaban J connectivity index is 1.45. The molecule has 196 valence electrons. The lowest BCUT2D eigenvalue weighted by molar-refractivity contribution is -0.141. The van der Waals surface area contributed by atoms with E-state index in [4.69, 9.17) is 11.6 Å². The van der Waals surface area contributed by atoms with Crippen LogP contribution in [-0.4, -0.2) is 69.5 Å². The van der Waals surface area contributed by atoms with Gasteiger partial charge in [0.25, 0.3) is 5.91 Å². The van der Waals surface area contributed by atoms with E-state index < -0.39 is 28.7 Å². The van der Waals surface area contributed by atoms with Crippen LogP contribution < -0.4 is 9.80 Å². The summed E-state index contributed by atoms with van der Waals surface area (Å²) in [5.74, 6) is -1.98. The number of anilines is 2. The van der Waals surface area contributed by atoms with Crippen LogP contribution in [0.15, 0.2) is 78.9 Å². The van der Waals surface area contributed by atoms with Gasteiger partial charge in [0.15, 0.2) is 0 Å². The predicted octanol–water partition coefficient (Wildman–Crippen LogP) is 3.52. The van der Waals surface area contributed by atoms with Crippen LogP contribution in [0, 0.1) is 11.8 Å². The van der Waals surface area contributed by atoms with E-state index >= 15 is 0 Å². The average molecular weight is 550 g/mol. The number of amides is 3. The van der Waals surface area contributed by atoms with E-state index in [0.29, 0.717) is 23.8 Å². The van der Waals surface area contributed by atoms with Crippen LogP contribution in [0.3, 0.4) is 0 Å². The molecule has 4 aliphatic rings. The first kappa shape index (κ1) is 25.2. The van der Waals surface area contributed by atoms with Crippen molar-refractivity contribution in [3.05, 3.63) is 83.9 Å². The molecule has 4 heterocycles. The number of carbonyl (C=O) groups excluding carboxylic acids is 3. The minimum absolute atomic E-state index is 0.120. The Hall–Kier alpha value is -3.07. The summed E-state index contributed by atoms with van der Waals surface area (Å²) in [4.78, 5) is 47.6. The number of hydrogen-bond donors (Lipinski definition) is 1. The Morgan fingerprint density at radius 3 is 2.32 bits per heavy atom. The summed E-state index contributed by atoms with van der Waals surface area (Å²) in [5.41, 5.74) is 1.45. The van der Waals surface area contributed by atoms with Gasteiger partial charge in [-0.05, 0) is 43.3 Å². The third-order valence-electron chi connectivity index (χ3n) is 8.04. The first-order chi connectivity index (χ1) is 18.4. The van der Waals surface area contributed by atoms with Crippen molar-refractivity contribution in [2.24, 2.45) is 11.8 Å². The Morgan fingerprint density at radius 1 is 0.947 bits per heavy atom. The molecular formula is C29H28ClN3O4S. The van der Waals surface area contributed by atoms with E-state index in [-0.39, 0.29) is 29.6 Å². The lowest BCUT2D eigenvalue weighted by Crippen LogP contribution is -2.56. The van der Waals surface area contributed by atoms with E-state index in [1.165, 1.54) is 16.7 Å². The number of likely N-dealkylation sites (tertiary alicyclic amines) is 1. The molecule has 1 spiro atoms. The van der Waals surface area contributed by atoms with Crippen molar-refractivity contribution in [2.75, 3.05) is 29.5 Å². The summed E-state index contributed by atoms with van der Waals surface area (Å²) >= 11 is 7.62. The smallest absolute Gasteiger partial charge is 0.251 e. The van der Waals surface area contributed by atoms with Crippen LogP contribution in [0.1, 0.15) is 6.92 Å². The molecule has 0 aromatic heterocycles. The van der Waals surface area contributed by atoms with Crippen molar-refractivity contribution in [3.63, 3.8) is 0 Å². The maximum absolute atomic E-state index is 14.3. The molecule has 2 saturated heterocycles. The summed E-state index contributed by atoms with van der Waals surface area (Å²) in [7, 11) is 0. The summed E-state index contributed by atoms with van der Waals surface area (Å²) in [6, 6.07) is 15.1. The van der Waals surface area contributed by atoms with E-state index in [1.54, 1.807) is 41.0 Å². The largest absolute Gasteiger partial charge is 0.394 e. The van der Waals surface area contributed by atoms with Crippen LogP contribution in [0.4, 0.5) is 11.4 Å². The van der Waals surface area contributed by atoms with Gasteiger partial charge in [-0.2, -0.15) is 0 Å². The minimum atomic E-state index is -0.937. The van der Waals surface area contributed by atoms with E-state index in [9.17, 15) is 19.5 Å². The molecule has 6 rings (SSSR count). The summed E-state index contributed by atoms with van der Waals surface area (Å²) in [5, 5.41) is 10.4. The molecule has 38 heavy (non-hydrogen) atoms. The van der Waals surface area contributed by atoms with Gasteiger partial charge in [-0.3, -0.25) is 14.4 Å². The molecule has 1 unspecified atom stereocenters. The van der Waals surface area contributed by atoms with Crippen molar-refractivity contribution in [2.45, 2.75) is 29.0 Å². The zero-order chi connectivity index (χ0) is 26.6. The molecule has 1 N–H and O–H groups in total. The first-order valence-electron chi connectivity index (χ1n) is 12.8. The molecule has 2 aromatic rings. The fourth-order valence-corrected chi connectivity index (χ4v) is 8.45. The van der Waals surface area contributed by atoms with E-state index in [2.05, 4.69) is 0 Å². The lowest BCUT2D eigenvalue weighted by Gasteiger charge is -2.37. The van der Waals surface area contributed by atoms with Crippen molar-refractivity contribution in [1.82, 2.24) is 4.90 Å². The van der Waals surface area contributed by atoms with Gasteiger partial charge < -0.3 is 19.8 Å². The number of hydrogen-bond acceptors (Lipinski definition) is 5. The molecule has 0 bridgehead atoms. The van der Waals surface area contributed by atoms with E-state index in [1.807, 2.05) is 54.6 Å². The number of aliphatic hydroxyl groups excluding tert-OH is 1. The van der Waals surface area contributed by atoms with E-state index in [0.717, 1.165) is 5.69 Å². The van der Waals surface area contributed by atoms with Gasteiger partial charge in [-0.25, -0.2) is 0 Å². The van der Waals surface area contributed by atoms with Crippen molar-refractivity contribution in [3.8, 4) is 0 Å². The van der Waals surface area contributed by atoms with Gasteiger partial charge in [0.05, 0.1) is 29.2 Å². The Labute approximate surface area is 230 Å². The number of nitrogens with zero attached hydrogens (tertiary/aromatic N) is 3. The number of aliphatic hydroxyl groups is 1. The highest BCUT2D eigenvalue weighted by atomic mass is 35.5. The molecule has 0 saturated carbocycles. The number of para-hydroxylation sites is 1. The number of rotatable bonds is 4. The van der Waals surface area contributed by atoms with Gasteiger partial charge in [0.2, 0.25) is 11.8 Å². The molecule has 0 radical (unpaired) electrons. The Bertz CT molecular complexity index is 1330. The second-order valence-corrected chi connectivity index (χ2v) is 12.1. The van der Waals surface area contributed by atoms with Crippen LogP contribution >= 0.6 is 23.4 Å². The number of halogens is 1. The van der Waals surface area contributed by atoms with Gasteiger partial charge in [-0.15, -0.1) is 11.8 Å². The molecule has 4 aliphatic heterocycles. The highest BCUT2D eigenvalue weighted by Crippen LogP contribution is 2.61. The average Bonchev–Trinajstić information content (AvgIpc) is 3.25. The molecule has 3 amide bonds. The van der Waals surface area contributed by atoms with Gasteiger partial charge in [-0.1, -0.05) is 54.1 Å². The zero-order valence-electron chi connectivity index (χ0n) is 20.8. The highest BCUT2D eigenvalue weighted by Gasteiger charge is 2.71. The van der Waals surface area contributed by atoms with Gasteiger partial charge in [0, 0.05) is 34.7 Å². The molecule has 9 heteroatoms.